The summed E-state index contributed by atoms with van der Waals surface area (Å²) in [6.07, 6.45) is 0.0379. The van der Waals surface area contributed by atoms with Gasteiger partial charge in [0.05, 0.1) is 0 Å². The SMILES string of the molecule is C[C@@H](NC(=O)CCNC(=O)c1ccccc1)C(=O)O. The van der Waals surface area contributed by atoms with E-state index in [4.69, 9.17) is 5.11 Å². The summed E-state index contributed by atoms with van der Waals surface area (Å²) in [7, 11) is 0. The maximum Gasteiger partial charge on any atom is 0.325 e. The van der Waals surface area contributed by atoms with E-state index in [1.165, 1.54) is 6.92 Å². The van der Waals surface area contributed by atoms with Crippen LogP contribution in [0.25, 0.3) is 0 Å². The number of amides is 2. The van der Waals surface area contributed by atoms with Gasteiger partial charge < -0.3 is 15.7 Å². The zero-order valence-corrected chi connectivity index (χ0v) is 10.6. The highest BCUT2D eigenvalue weighted by Gasteiger charge is 2.13. The highest BCUT2D eigenvalue weighted by molar-refractivity contribution is 5.94. The Morgan fingerprint density at radius 2 is 1.84 bits per heavy atom. The second kappa shape index (κ2) is 7.15. The molecule has 0 saturated heterocycles. The molecule has 6 heteroatoms. The molecule has 102 valence electrons. The van der Waals surface area contributed by atoms with Crippen molar-refractivity contribution in [2.24, 2.45) is 0 Å². The van der Waals surface area contributed by atoms with Crippen LogP contribution in [-0.2, 0) is 9.59 Å². The standard InChI is InChI=1S/C13H16N2O4/c1-9(13(18)19)15-11(16)7-8-14-12(17)10-5-3-2-4-6-10/h2-6,9H,7-8H2,1H3,(H,14,17)(H,15,16)(H,18,19)/t9-/m1/s1. The molecule has 19 heavy (non-hydrogen) atoms. The monoisotopic (exact) mass is 264 g/mol. The van der Waals surface area contributed by atoms with E-state index in [9.17, 15) is 14.4 Å². The molecule has 1 atom stereocenters. The van der Waals surface area contributed by atoms with Crippen molar-refractivity contribution in [3.8, 4) is 0 Å². The van der Waals surface area contributed by atoms with Crippen LogP contribution in [0.4, 0.5) is 0 Å². The number of rotatable bonds is 6. The lowest BCUT2D eigenvalue weighted by Crippen LogP contribution is -2.39. The molecule has 0 unspecified atom stereocenters. The Bertz CT molecular complexity index is 459. The number of hydrogen-bond donors (Lipinski definition) is 3. The molecule has 1 aromatic carbocycles. The Morgan fingerprint density at radius 1 is 1.21 bits per heavy atom. The zero-order valence-electron chi connectivity index (χ0n) is 10.6. The van der Waals surface area contributed by atoms with Gasteiger partial charge in [0.25, 0.3) is 5.91 Å². The van der Waals surface area contributed by atoms with Crippen molar-refractivity contribution in [1.82, 2.24) is 10.6 Å². The van der Waals surface area contributed by atoms with E-state index in [1.54, 1.807) is 30.3 Å². The zero-order chi connectivity index (χ0) is 14.3. The third kappa shape index (κ3) is 5.20. The van der Waals surface area contributed by atoms with E-state index in [2.05, 4.69) is 10.6 Å². The molecule has 0 radical (unpaired) electrons. The van der Waals surface area contributed by atoms with Crippen molar-refractivity contribution in [3.05, 3.63) is 35.9 Å². The topological polar surface area (TPSA) is 95.5 Å². The van der Waals surface area contributed by atoms with Crippen LogP contribution in [0.3, 0.4) is 0 Å². The van der Waals surface area contributed by atoms with Crippen molar-refractivity contribution < 1.29 is 19.5 Å². The number of carboxylic acid groups (broad SMARTS) is 1. The summed E-state index contributed by atoms with van der Waals surface area (Å²) in [5.74, 6) is -1.77. The smallest absolute Gasteiger partial charge is 0.325 e. The maximum absolute atomic E-state index is 11.6. The lowest BCUT2D eigenvalue weighted by Gasteiger charge is -2.09. The fraction of sp³-hybridized carbons (Fsp3) is 0.308. The van der Waals surface area contributed by atoms with Crippen LogP contribution in [0.5, 0.6) is 0 Å². The van der Waals surface area contributed by atoms with E-state index >= 15 is 0 Å². The van der Waals surface area contributed by atoms with Gasteiger partial charge in [0.15, 0.2) is 0 Å². The van der Waals surface area contributed by atoms with Crippen LogP contribution >= 0.6 is 0 Å². The molecule has 2 amide bonds. The lowest BCUT2D eigenvalue weighted by atomic mass is 10.2. The first kappa shape index (κ1) is 14.7. The van der Waals surface area contributed by atoms with Gasteiger partial charge in [-0.3, -0.25) is 14.4 Å². The van der Waals surface area contributed by atoms with Gasteiger partial charge in [-0.05, 0) is 19.1 Å². The average molecular weight is 264 g/mol. The summed E-state index contributed by atoms with van der Waals surface area (Å²) >= 11 is 0. The van der Waals surface area contributed by atoms with Gasteiger partial charge in [-0.1, -0.05) is 18.2 Å². The Balaban J connectivity index is 2.29. The van der Waals surface area contributed by atoms with Gasteiger partial charge in [-0.2, -0.15) is 0 Å². The van der Waals surface area contributed by atoms with Crippen LogP contribution in [-0.4, -0.2) is 35.5 Å². The molecule has 0 aliphatic heterocycles. The molecule has 0 aromatic heterocycles. The van der Waals surface area contributed by atoms with Crippen LogP contribution in [0.15, 0.2) is 30.3 Å². The van der Waals surface area contributed by atoms with Gasteiger partial charge in [-0.25, -0.2) is 0 Å². The second-order valence-electron chi connectivity index (χ2n) is 4.00. The summed E-state index contributed by atoms with van der Waals surface area (Å²) < 4.78 is 0. The summed E-state index contributed by atoms with van der Waals surface area (Å²) in [6, 6.07) is 7.70. The molecule has 3 N–H and O–H groups in total. The van der Waals surface area contributed by atoms with E-state index in [-0.39, 0.29) is 18.9 Å². The fourth-order valence-corrected chi connectivity index (χ4v) is 1.36. The number of carbonyl (C=O) groups excluding carboxylic acids is 2. The Kier molecular flexibility index (Phi) is 5.53. The number of nitrogens with one attached hydrogen (secondary N) is 2. The molecule has 1 aromatic rings. The molecule has 0 spiro atoms. The predicted molar refractivity (Wildman–Crippen MR) is 68.6 cm³/mol. The highest BCUT2D eigenvalue weighted by atomic mass is 16.4. The van der Waals surface area contributed by atoms with Gasteiger partial charge in [0, 0.05) is 18.5 Å². The molecule has 1 rings (SSSR count). The van der Waals surface area contributed by atoms with Crippen LogP contribution < -0.4 is 10.6 Å². The van der Waals surface area contributed by atoms with E-state index < -0.39 is 17.9 Å². The summed E-state index contributed by atoms with van der Waals surface area (Å²) in [6.45, 7) is 1.54. The number of hydrogen-bond acceptors (Lipinski definition) is 3. The Morgan fingerprint density at radius 3 is 2.42 bits per heavy atom. The third-order valence-electron chi connectivity index (χ3n) is 2.42. The lowest BCUT2D eigenvalue weighted by molar-refractivity contribution is -0.141. The van der Waals surface area contributed by atoms with Crippen LogP contribution in [0, 0.1) is 0 Å². The molecule has 0 heterocycles. The first-order valence-electron chi connectivity index (χ1n) is 5.86. The molecule has 0 aliphatic carbocycles. The van der Waals surface area contributed by atoms with Gasteiger partial charge in [-0.15, -0.1) is 0 Å². The van der Waals surface area contributed by atoms with Crippen molar-refractivity contribution >= 4 is 17.8 Å². The number of carbonyl (C=O) groups is 3. The minimum atomic E-state index is -1.10. The summed E-state index contributed by atoms with van der Waals surface area (Å²) in [5.41, 5.74) is 0.516. The van der Waals surface area contributed by atoms with E-state index in [1.807, 2.05) is 0 Å². The normalized spacial score (nSPS) is 11.4. The van der Waals surface area contributed by atoms with Gasteiger partial charge in [0.1, 0.15) is 6.04 Å². The molecule has 0 bridgehead atoms. The number of carboxylic acids is 1. The fourth-order valence-electron chi connectivity index (χ4n) is 1.36. The third-order valence-corrected chi connectivity index (χ3v) is 2.42. The highest BCUT2D eigenvalue weighted by Crippen LogP contribution is 1.97. The molecule has 6 nitrogen and oxygen atoms in total. The maximum atomic E-state index is 11.6. The van der Waals surface area contributed by atoms with Crippen molar-refractivity contribution in [2.75, 3.05) is 6.54 Å². The molecule has 0 aliphatic rings. The van der Waals surface area contributed by atoms with Crippen molar-refractivity contribution in [2.45, 2.75) is 19.4 Å². The van der Waals surface area contributed by atoms with Crippen molar-refractivity contribution in [3.63, 3.8) is 0 Å². The molecular formula is C13H16N2O4. The first-order valence-corrected chi connectivity index (χ1v) is 5.86. The van der Waals surface area contributed by atoms with Crippen molar-refractivity contribution in [1.29, 1.82) is 0 Å². The molecule has 0 saturated carbocycles. The Hall–Kier alpha value is -2.37. The van der Waals surface area contributed by atoms with Crippen LogP contribution in [0.1, 0.15) is 23.7 Å². The average Bonchev–Trinajstić information content (AvgIpc) is 2.39. The van der Waals surface area contributed by atoms with Gasteiger partial charge in [0.2, 0.25) is 5.91 Å². The Labute approximate surface area is 110 Å². The quantitative estimate of drug-likeness (QED) is 0.693. The number of benzene rings is 1. The predicted octanol–water partition coefficient (Wildman–Crippen LogP) is 0.396. The van der Waals surface area contributed by atoms with Crippen LogP contribution in [0.2, 0.25) is 0 Å². The molecule has 0 fully saturated rings. The first-order chi connectivity index (χ1) is 9.00. The summed E-state index contributed by atoms with van der Waals surface area (Å²) in [4.78, 5) is 33.5. The summed E-state index contributed by atoms with van der Waals surface area (Å²) in [5, 5.41) is 13.5. The minimum Gasteiger partial charge on any atom is -0.480 e. The number of aliphatic carboxylic acids is 1. The largest absolute Gasteiger partial charge is 0.480 e. The molecular weight excluding hydrogens is 248 g/mol. The van der Waals surface area contributed by atoms with Gasteiger partial charge >= 0.3 is 5.97 Å². The second-order valence-corrected chi connectivity index (χ2v) is 4.00. The van der Waals surface area contributed by atoms with E-state index in [0.29, 0.717) is 5.56 Å². The van der Waals surface area contributed by atoms with E-state index in [0.717, 1.165) is 0 Å². The minimum absolute atomic E-state index is 0.0379.